The van der Waals surface area contributed by atoms with Crippen molar-refractivity contribution in [3.8, 4) is 5.75 Å². The van der Waals surface area contributed by atoms with E-state index in [0.29, 0.717) is 18.8 Å². The molecule has 0 saturated carbocycles. The number of amides is 1. The summed E-state index contributed by atoms with van der Waals surface area (Å²) in [5.74, 6) is 0.686. The van der Waals surface area contributed by atoms with Gasteiger partial charge in [-0.05, 0) is 69.0 Å². The van der Waals surface area contributed by atoms with Gasteiger partial charge in [0, 0.05) is 25.0 Å². The summed E-state index contributed by atoms with van der Waals surface area (Å²) in [6, 6.07) is 12.2. The molecule has 4 rings (SSSR count). The standard InChI is InChI=1S/C23H28N4O2/c1-17-6-11-21-25-18(2)22(27(21)16-17)23(28)24-12-15-29-20-9-7-19(8-10-20)26-13-4-3-5-14-26/h6-11,16H,3-5,12-15H2,1-2H3,(H,24,28). The second kappa shape index (κ2) is 8.55. The Morgan fingerprint density at radius 3 is 2.59 bits per heavy atom. The number of pyridine rings is 1. The average Bonchev–Trinajstić information content (AvgIpc) is 3.07. The summed E-state index contributed by atoms with van der Waals surface area (Å²) >= 11 is 0. The van der Waals surface area contributed by atoms with Crippen LogP contribution < -0.4 is 15.0 Å². The summed E-state index contributed by atoms with van der Waals surface area (Å²) < 4.78 is 7.64. The van der Waals surface area contributed by atoms with Crippen LogP contribution in [-0.2, 0) is 0 Å². The zero-order valence-corrected chi connectivity index (χ0v) is 17.1. The van der Waals surface area contributed by atoms with Crippen LogP contribution in [0.3, 0.4) is 0 Å². The Bertz CT molecular complexity index is 988. The number of hydrogen-bond acceptors (Lipinski definition) is 4. The topological polar surface area (TPSA) is 58.9 Å². The molecule has 6 nitrogen and oxygen atoms in total. The molecule has 1 fully saturated rings. The molecule has 0 bridgehead atoms. The Morgan fingerprint density at radius 1 is 1.07 bits per heavy atom. The Balaban J connectivity index is 1.30. The Labute approximate surface area is 171 Å². The van der Waals surface area contributed by atoms with E-state index in [1.807, 2.05) is 48.7 Å². The maximum atomic E-state index is 12.6. The van der Waals surface area contributed by atoms with E-state index in [2.05, 4.69) is 27.3 Å². The van der Waals surface area contributed by atoms with Crippen molar-refractivity contribution in [2.24, 2.45) is 0 Å². The molecular weight excluding hydrogens is 364 g/mol. The molecule has 29 heavy (non-hydrogen) atoms. The molecule has 2 aromatic heterocycles. The first kappa shape index (κ1) is 19.3. The Morgan fingerprint density at radius 2 is 1.83 bits per heavy atom. The molecule has 1 amide bonds. The van der Waals surface area contributed by atoms with Gasteiger partial charge in [0.25, 0.3) is 5.91 Å². The van der Waals surface area contributed by atoms with Crippen LogP contribution >= 0.6 is 0 Å². The highest BCUT2D eigenvalue weighted by atomic mass is 16.5. The third-order valence-electron chi connectivity index (χ3n) is 5.37. The highest BCUT2D eigenvalue weighted by Crippen LogP contribution is 2.22. The van der Waals surface area contributed by atoms with Crippen LogP contribution in [0.4, 0.5) is 5.69 Å². The van der Waals surface area contributed by atoms with Gasteiger partial charge in [0.1, 0.15) is 23.7 Å². The first-order valence-electron chi connectivity index (χ1n) is 10.3. The normalized spacial score (nSPS) is 14.2. The summed E-state index contributed by atoms with van der Waals surface area (Å²) in [6.45, 7) is 6.98. The molecule has 1 aliphatic rings. The van der Waals surface area contributed by atoms with Gasteiger partial charge in [-0.2, -0.15) is 0 Å². The summed E-state index contributed by atoms with van der Waals surface area (Å²) in [5.41, 5.74) is 4.42. The summed E-state index contributed by atoms with van der Waals surface area (Å²) in [7, 11) is 0. The van der Waals surface area contributed by atoms with E-state index in [-0.39, 0.29) is 5.91 Å². The molecule has 0 radical (unpaired) electrons. The first-order chi connectivity index (χ1) is 14.1. The maximum Gasteiger partial charge on any atom is 0.270 e. The Hall–Kier alpha value is -3.02. The van der Waals surface area contributed by atoms with Crippen molar-refractivity contribution in [2.45, 2.75) is 33.1 Å². The number of benzene rings is 1. The van der Waals surface area contributed by atoms with Crippen molar-refractivity contribution in [1.29, 1.82) is 0 Å². The fraction of sp³-hybridized carbons (Fsp3) is 0.391. The number of imidazole rings is 1. The van der Waals surface area contributed by atoms with Gasteiger partial charge in [-0.15, -0.1) is 0 Å². The molecule has 1 saturated heterocycles. The molecule has 3 heterocycles. The number of rotatable bonds is 6. The van der Waals surface area contributed by atoms with Crippen molar-refractivity contribution in [2.75, 3.05) is 31.1 Å². The van der Waals surface area contributed by atoms with Crippen molar-refractivity contribution < 1.29 is 9.53 Å². The van der Waals surface area contributed by atoms with Crippen LogP contribution in [0.5, 0.6) is 5.75 Å². The number of carbonyl (C=O) groups is 1. The molecule has 0 spiro atoms. The van der Waals surface area contributed by atoms with E-state index in [1.54, 1.807) is 0 Å². The van der Waals surface area contributed by atoms with Crippen molar-refractivity contribution in [3.63, 3.8) is 0 Å². The lowest BCUT2D eigenvalue weighted by Crippen LogP contribution is -2.29. The van der Waals surface area contributed by atoms with Gasteiger partial charge in [0.15, 0.2) is 0 Å². The number of fused-ring (bicyclic) bond motifs is 1. The van der Waals surface area contributed by atoms with Gasteiger partial charge in [0.05, 0.1) is 12.2 Å². The van der Waals surface area contributed by atoms with Gasteiger partial charge in [-0.3, -0.25) is 9.20 Å². The minimum atomic E-state index is -0.135. The quantitative estimate of drug-likeness (QED) is 0.649. The van der Waals surface area contributed by atoms with Crippen LogP contribution in [0, 0.1) is 13.8 Å². The van der Waals surface area contributed by atoms with Crippen LogP contribution in [0.25, 0.3) is 5.65 Å². The Kier molecular flexibility index (Phi) is 5.69. The lowest BCUT2D eigenvalue weighted by atomic mass is 10.1. The zero-order chi connectivity index (χ0) is 20.2. The van der Waals surface area contributed by atoms with Gasteiger partial charge in [0.2, 0.25) is 0 Å². The van der Waals surface area contributed by atoms with Crippen LogP contribution in [-0.4, -0.2) is 41.5 Å². The number of aromatic nitrogens is 2. The molecular formula is C23H28N4O2. The molecule has 1 N–H and O–H groups in total. The molecule has 1 aromatic carbocycles. The smallest absolute Gasteiger partial charge is 0.270 e. The second-order valence-electron chi connectivity index (χ2n) is 7.63. The van der Waals surface area contributed by atoms with Gasteiger partial charge >= 0.3 is 0 Å². The first-order valence-corrected chi connectivity index (χ1v) is 10.3. The van der Waals surface area contributed by atoms with E-state index >= 15 is 0 Å². The van der Waals surface area contributed by atoms with Gasteiger partial charge in [-0.25, -0.2) is 4.98 Å². The van der Waals surface area contributed by atoms with Crippen molar-refractivity contribution >= 4 is 17.2 Å². The number of nitrogens with one attached hydrogen (secondary N) is 1. The zero-order valence-electron chi connectivity index (χ0n) is 17.1. The van der Waals surface area contributed by atoms with E-state index in [9.17, 15) is 4.79 Å². The lowest BCUT2D eigenvalue weighted by molar-refractivity contribution is 0.0940. The lowest BCUT2D eigenvalue weighted by Gasteiger charge is -2.28. The number of hydrogen-bond donors (Lipinski definition) is 1. The van der Waals surface area contributed by atoms with Crippen LogP contribution in [0.1, 0.15) is 41.0 Å². The number of anilines is 1. The minimum absolute atomic E-state index is 0.135. The molecule has 6 heteroatoms. The predicted molar refractivity (Wildman–Crippen MR) is 115 cm³/mol. The highest BCUT2D eigenvalue weighted by molar-refractivity contribution is 5.94. The predicted octanol–water partition coefficient (Wildman–Crippen LogP) is 3.75. The largest absolute Gasteiger partial charge is 0.492 e. The highest BCUT2D eigenvalue weighted by Gasteiger charge is 2.16. The van der Waals surface area contributed by atoms with Crippen molar-refractivity contribution in [1.82, 2.24) is 14.7 Å². The molecule has 1 aliphatic heterocycles. The van der Waals surface area contributed by atoms with E-state index < -0.39 is 0 Å². The number of aryl methyl sites for hydroxylation is 2. The van der Waals surface area contributed by atoms with E-state index in [0.717, 1.165) is 35.7 Å². The molecule has 152 valence electrons. The van der Waals surface area contributed by atoms with E-state index in [4.69, 9.17) is 4.74 Å². The minimum Gasteiger partial charge on any atom is -0.492 e. The van der Waals surface area contributed by atoms with Gasteiger partial charge in [-0.1, -0.05) is 6.07 Å². The van der Waals surface area contributed by atoms with Crippen LogP contribution in [0.15, 0.2) is 42.6 Å². The third-order valence-corrected chi connectivity index (χ3v) is 5.37. The molecule has 0 aliphatic carbocycles. The maximum absolute atomic E-state index is 12.6. The average molecular weight is 393 g/mol. The molecule has 0 unspecified atom stereocenters. The van der Waals surface area contributed by atoms with E-state index in [1.165, 1.54) is 24.9 Å². The number of nitrogens with zero attached hydrogens (tertiary/aromatic N) is 3. The van der Waals surface area contributed by atoms with Gasteiger partial charge < -0.3 is 15.0 Å². The SMILES string of the molecule is Cc1ccc2nc(C)c(C(=O)NCCOc3ccc(N4CCCCC4)cc3)n2c1. The number of carbonyl (C=O) groups excluding carboxylic acids is 1. The molecule has 0 atom stereocenters. The monoisotopic (exact) mass is 392 g/mol. The summed E-state index contributed by atoms with van der Waals surface area (Å²) in [6.07, 6.45) is 5.80. The van der Waals surface area contributed by atoms with Crippen molar-refractivity contribution in [3.05, 3.63) is 59.5 Å². The molecule has 3 aromatic rings. The summed E-state index contributed by atoms with van der Waals surface area (Å²) in [5, 5.41) is 2.94. The van der Waals surface area contributed by atoms with Crippen LogP contribution in [0.2, 0.25) is 0 Å². The summed E-state index contributed by atoms with van der Waals surface area (Å²) in [4.78, 5) is 19.5. The third kappa shape index (κ3) is 4.36. The second-order valence-corrected chi connectivity index (χ2v) is 7.63. The fourth-order valence-electron chi connectivity index (χ4n) is 3.86. The fourth-order valence-corrected chi connectivity index (χ4v) is 3.86. The number of piperidine rings is 1. The number of ether oxygens (including phenoxy) is 1.